The molecule has 1 saturated carbocycles. The topological polar surface area (TPSA) is 21.3 Å². The number of rotatable bonds is 3. The molecule has 2 rings (SSSR count). The summed E-state index contributed by atoms with van der Waals surface area (Å²) in [5, 5.41) is 4.61. The molecule has 3 heteroatoms. The van der Waals surface area contributed by atoms with Crippen molar-refractivity contribution in [2.45, 2.75) is 49.4 Å². The maximum atomic E-state index is 5.40. The highest BCUT2D eigenvalue weighted by atomic mass is 32.2. The van der Waals surface area contributed by atoms with Crippen molar-refractivity contribution in [1.29, 1.82) is 0 Å². The third-order valence-electron chi connectivity index (χ3n) is 3.38. The molecular formula is C11H21NOS. The van der Waals surface area contributed by atoms with E-state index in [0.717, 1.165) is 24.5 Å². The largest absolute Gasteiger partial charge is 0.380 e. The quantitative estimate of drug-likeness (QED) is 0.778. The van der Waals surface area contributed by atoms with Gasteiger partial charge in [0.25, 0.3) is 0 Å². The molecule has 0 aromatic rings. The van der Waals surface area contributed by atoms with Gasteiger partial charge < -0.3 is 10.1 Å². The van der Waals surface area contributed by atoms with Gasteiger partial charge in [-0.2, -0.15) is 11.8 Å². The molecule has 1 unspecified atom stereocenters. The third-order valence-corrected chi connectivity index (χ3v) is 4.55. The maximum absolute atomic E-state index is 5.40. The summed E-state index contributed by atoms with van der Waals surface area (Å²) < 4.78 is 5.40. The van der Waals surface area contributed by atoms with Crippen LogP contribution in [0.4, 0.5) is 0 Å². The summed E-state index contributed by atoms with van der Waals surface area (Å²) in [6.07, 6.45) is 9.04. The van der Waals surface area contributed by atoms with Gasteiger partial charge in [0.1, 0.15) is 0 Å². The molecule has 1 N–H and O–H groups in total. The normalized spacial score (nSPS) is 38.8. The lowest BCUT2D eigenvalue weighted by Crippen LogP contribution is -2.46. The van der Waals surface area contributed by atoms with Crippen molar-refractivity contribution in [3.05, 3.63) is 0 Å². The van der Waals surface area contributed by atoms with E-state index in [2.05, 4.69) is 11.6 Å². The number of ether oxygens (including phenoxy) is 1. The summed E-state index contributed by atoms with van der Waals surface area (Å²) in [4.78, 5) is 0. The second-order valence-corrected chi connectivity index (χ2v) is 5.47. The Hall–Kier alpha value is 0.270. The molecule has 2 fully saturated rings. The molecule has 0 radical (unpaired) electrons. The molecule has 0 bridgehead atoms. The van der Waals surface area contributed by atoms with Gasteiger partial charge in [-0.25, -0.2) is 0 Å². The Morgan fingerprint density at radius 1 is 1.21 bits per heavy atom. The number of thioether (sulfide) groups is 1. The fourth-order valence-corrected chi connectivity index (χ4v) is 3.48. The van der Waals surface area contributed by atoms with Crippen LogP contribution in [0, 0.1) is 0 Å². The summed E-state index contributed by atoms with van der Waals surface area (Å²) in [5.41, 5.74) is 0. The lowest BCUT2D eigenvalue weighted by molar-refractivity contribution is 0.186. The molecule has 14 heavy (non-hydrogen) atoms. The number of hydrogen-bond acceptors (Lipinski definition) is 3. The Labute approximate surface area is 91.2 Å². The highest BCUT2D eigenvalue weighted by molar-refractivity contribution is 7.99. The molecule has 82 valence electrons. The van der Waals surface area contributed by atoms with Crippen LogP contribution in [0.2, 0.25) is 0 Å². The molecule has 1 aliphatic heterocycles. The second kappa shape index (κ2) is 5.38. The van der Waals surface area contributed by atoms with E-state index in [1.165, 1.54) is 32.1 Å². The average molecular weight is 215 g/mol. The van der Waals surface area contributed by atoms with E-state index >= 15 is 0 Å². The maximum Gasteiger partial charge on any atom is 0.0620 e. The van der Waals surface area contributed by atoms with Crippen LogP contribution >= 0.6 is 11.8 Å². The Kier molecular flexibility index (Phi) is 4.14. The third kappa shape index (κ3) is 2.65. The van der Waals surface area contributed by atoms with Crippen molar-refractivity contribution in [2.75, 3.05) is 19.5 Å². The summed E-state index contributed by atoms with van der Waals surface area (Å²) in [7, 11) is 0. The minimum Gasteiger partial charge on any atom is -0.380 e. The van der Waals surface area contributed by atoms with E-state index in [1.54, 1.807) is 0 Å². The molecule has 2 aliphatic rings. The Balaban J connectivity index is 1.81. The standard InChI is InChI=1S/C11H21NOS/c1-14-11-5-3-2-4-10(11)12-9-6-7-13-8-9/h9-12H,2-8H2,1H3/t9?,10-,11-/m0/s1. The number of hydrogen-bond donors (Lipinski definition) is 1. The van der Waals surface area contributed by atoms with Crippen LogP contribution in [0.3, 0.4) is 0 Å². The van der Waals surface area contributed by atoms with E-state index in [-0.39, 0.29) is 0 Å². The predicted octanol–water partition coefficient (Wildman–Crippen LogP) is 2.04. The van der Waals surface area contributed by atoms with Crippen LogP contribution in [0.1, 0.15) is 32.1 Å². The average Bonchev–Trinajstić information content (AvgIpc) is 2.71. The van der Waals surface area contributed by atoms with Gasteiger partial charge in [-0.3, -0.25) is 0 Å². The van der Waals surface area contributed by atoms with Gasteiger partial charge in [-0.15, -0.1) is 0 Å². The SMILES string of the molecule is CS[C@H]1CCCC[C@@H]1NC1CCOC1. The zero-order valence-electron chi connectivity index (χ0n) is 9.00. The van der Waals surface area contributed by atoms with E-state index in [0.29, 0.717) is 6.04 Å². The van der Waals surface area contributed by atoms with Gasteiger partial charge in [-0.1, -0.05) is 12.8 Å². The molecule has 3 atom stereocenters. The first kappa shape index (κ1) is 10.8. The molecule has 0 aromatic carbocycles. The molecule has 0 aromatic heterocycles. The van der Waals surface area contributed by atoms with Crippen molar-refractivity contribution in [3.8, 4) is 0 Å². The minimum absolute atomic E-state index is 0.632. The van der Waals surface area contributed by atoms with Crippen LogP contribution in [-0.4, -0.2) is 36.8 Å². The van der Waals surface area contributed by atoms with E-state index in [4.69, 9.17) is 4.74 Å². The van der Waals surface area contributed by atoms with Crippen molar-refractivity contribution in [3.63, 3.8) is 0 Å². The number of nitrogens with one attached hydrogen (secondary N) is 1. The van der Waals surface area contributed by atoms with Gasteiger partial charge in [-0.05, 0) is 25.5 Å². The first-order chi connectivity index (χ1) is 6.90. The first-order valence-corrected chi connectivity index (χ1v) is 7.05. The van der Waals surface area contributed by atoms with E-state index in [1.807, 2.05) is 11.8 Å². The Morgan fingerprint density at radius 3 is 2.79 bits per heavy atom. The molecule has 2 nitrogen and oxygen atoms in total. The monoisotopic (exact) mass is 215 g/mol. The van der Waals surface area contributed by atoms with E-state index < -0.39 is 0 Å². The lowest BCUT2D eigenvalue weighted by Gasteiger charge is -2.32. The van der Waals surface area contributed by atoms with Gasteiger partial charge in [0.05, 0.1) is 6.61 Å². The molecule has 1 aliphatic carbocycles. The zero-order chi connectivity index (χ0) is 9.80. The Morgan fingerprint density at radius 2 is 2.07 bits per heavy atom. The highest BCUT2D eigenvalue weighted by Crippen LogP contribution is 2.27. The zero-order valence-corrected chi connectivity index (χ0v) is 9.81. The van der Waals surface area contributed by atoms with Gasteiger partial charge in [0.15, 0.2) is 0 Å². The van der Waals surface area contributed by atoms with Gasteiger partial charge in [0, 0.05) is 23.9 Å². The summed E-state index contributed by atoms with van der Waals surface area (Å²) in [6, 6.07) is 1.37. The smallest absolute Gasteiger partial charge is 0.0620 e. The van der Waals surface area contributed by atoms with Gasteiger partial charge >= 0.3 is 0 Å². The van der Waals surface area contributed by atoms with E-state index in [9.17, 15) is 0 Å². The highest BCUT2D eigenvalue weighted by Gasteiger charge is 2.27. The minimum atomic E-state index is 0.632. The van der Waals surface area contributed by atoms with Crippen molar-refractivity contribution >= 4 is 11.8 Å². The summed E-state index contributed by atoms with van der Waals surface area (Å²) in [5.74, 6) is 0. The molecular weight excluding hydrogens is 194 g/mol. The van der Waals surface area contributed by atoms with Crippen LogP contribution in [0.5, 0.6) is 0 Å². The van der Waals surface area contributed by atoms with Crippen LogP contribution in [-0.2, 0) is 4.74 Å². The second-order valence-electron chi connectivity index (χ2n) is 4.39. The van der Waals surface area contributed by atoms with Crippen LogP contribution in [0.15, 0.2) is 0 Å². The predicted molar refractivity (Wildman–Crippen MR) is 61.9 cm³/mol. The van der Waals surface area contributed by atoms with Crippen molar-refractivity contribution < 1.29 is 4.74 Å². The van der Waals surface area contributed by atoms with Crippen LogP contribution < -0.4 is 5.32 Å². The summed E-state index contributed by atoms with van der Waals surface area (Å²) in [6.45, 7) is 1.88. The van der Waals surface area contributed by atoms with Crippen molar-refractivity contribution in [2.24, 2.45) is 0 Å². The fourth-order valence-electron chi connectivity index (χ4n) is 2.54. The molecule has 1 saturated heterocycles. The molecule has 1 heterocycles. The van der Waals surface area contributed by atoms with Gasteiger partial charge in [0.2, 0.25) is 0 Å². The molecule has 0 amide bonds. The van der Waals surface area contributed by atoms with Crippen molar-refractivity contribution in [1.82, 2.24) is 5.32 Å². The molecule has 0 spiro atoms. The Bertz CT molecular complexity index is 171. The lowest BCUT2D eigenvalue weighted by atomic mass is 9.94. The summed E-state index contributed by atoms with van der Waals surface area (Å²) >= 11 is 2.03. The first-order valence-electron chi connectivity index (χ1n) is 5.76. The fraction of sp³-hybridized carbons (Fsp3) is 1.00. The van der Waals surface area contributed by atoms with Crippen LogP contribution in [0.25, 0.3) is 0 Å².